The first-order chi connectivity index (χ1) is 20.4. The minimum Gasteiger partial charge on any atom is -0.506 e. The molecule has 0 saturated heterocycles. The highest BCUT2D eigenvalue weighted by Gasteiger charge is 2.45. The third-order valence-electron chi connectivity index (χ3n) is 8.16. The van der Waals surface area contributed by atoms with Gasteiger partial charge in [0.25, 0.3) is 0 Å². The molecule has 198 valence electrons. The number of nitriles is 2. The molecule has 5 aromatic rings. The van der Waals surface area contributed by atoms with Gasteiger partial charge < -0.3 is 9.67 Å². The average molecular weight is 544 g/mol. The van der Waals surface area contributed by atoms with Crippen LogP contribution in [0.1, 0.15) is 34.9 Å². The number of Topliss-reactive ketones (excluding diaryl/α,β-unsaturated/α-hetero) is 1. The second-order valence-electron chi connectivity index (χ2n) is 10.4. The lowest BCUT2D eigenvalue weighted by molar-refractivity contribution is -0.111. The van der Waals surface area contributed by atoms with E-state index in [4.69, 9.17) is 0 Å². The van der Waals surface area contributed by atoms with Crippen molar-refractivity contribution in [2.24, 2.45) is 0 Å². The van der Waals surface area contributed by atoms with Gasteiger partial charge in [-0.05, 0) is 55.5 Å². The van der Waals surface area contributed by atoms with E-state index in [1.807, 2.05) is 86.6 Å². The van der Waals surface area contributed by atoms with Crippen molar-refractivity contribution >= 4 is 44.9 Å². The molecule has 4 aromatic carbocycles. The van der Waals surface area contributed by atoms with Gasteiger partial charge in [0.1, 0.15) is 5.76 Å². The molecule has 2 aliphatic rings. The van der Waals surface area contributed by atoms with Gasteiger partial charge in [-0.1, -0.05) is 30.3 Å². The lowest BCUT2D eigenvalue weighted by Crippen LogP contribution is -2.24. The van der Waals surface area contributed by atoms with Crippen LogP contribution in [0.15, 0.2) is 108 Å². The van der Waals surface area contributed by atoms with E-state index in [1.54, 1.807) is 24.3 Å². The topological polar surface area (TPSA) is 92.8 Å². The number of allylic oxidation sites excluding steroid dienone is 3. The van der Waals surface area contributed by atoms with Crippen LogP contribution in [0, 0.1) is 29.6 Å². The summed E-state index contributed by atoms with van der Waals surface area (Å²) in [6.45, 7) is 3.89. The van der Waals surface area contributed by atoms with Crippen molar-refractivity contribution in [1.82, 2.24) is 9.14 Å². The van der Waals surface area contributed by atoms with Crippen molar-refractivity contribution in [3.63, 3.8) is 0 Å². The van der Waals surface area contributed by atoms with E-state index in [0.717, 1.165) is 44.9 Å². The molecule has 2 heterocycles. The molecule has 1 aromatic heterocycles. The van der Waals surface area contributed by atoms with Gasteiger partial charge in [-0.25, -0.2) is 0 Å². The highest BCUT2D eigenvalue weighted by Crippen LogP contribution is 2.48. The van der Waals surface area contributed by atoms with E-state index < -0.39 is 0 Å². The Morgan fingerprint density at radius 3 is 2.02 bits per heavy atom. The molecule has 0 atom stereocenters. The molecule has 0 radical (unpaired) electrons. The number of ketones is 1. The maximum absolute atomic E-state index is 14.1. The van der Waals surface area contributed by atoms with Crippen LogP contribution >= 0.6 is 0 Å². The van der Waals surface area contributed by atoms with E-state index in [0.29, 0.717) is 33.4 Å². The van der Waals surface area contributed by atoms with Gasteiger partial charge in [0.05, 0.1) is 51.1 Å². The number of nitrogens with zero attached hydrogens (tertiary/aromatic N) is 4. The van der Waals surface area contributed by atoms with Crippen LogP contribution in [-0.2, 0) is 4.79 Å². The van der Waals surface area contributed by atoms with Gasteiger partial charge >= 0.3 is 0 Å². The summed E-state index contributed by atoms with van der Waals surface area (Å²) >= 11 is 0. The van der Waals surface area contributed by atoms with E-state index in [9.17, 15) is 20.4 Å². The first-order valence-electron chi connectivity index (χ1n) is 13.5. The summed E-state index contributed by atoms with van der Waals surface area (Å²) in [7, 11) is 0. The fourth-order valence-corrected chi connectivity index (χ4v) is 6.27. The summed E-state index contributed by atoms with van der Waals surface area (Å²) in [6, 6.07) is 34.6. The van der Waals surface area contributed by atoms with E-state index >= 15 is 0 Å². The van der Waals surface area contributed by atoms with Crippen molar-refractivity contribution in [1.29, 1.82) is 10.5 Å². The second-order valence-corrected chi connectivity index (χ2v) is 10.4. The third kappa shape index (κ3) is 3.43. The van der Waals surface area contributed by atoms with Crippen LogP contribution in [0.4, 0.5) is 11.4 Å². The largest absolute Gasteiger partial charge is 0.506 e. The average Bonchev–Trinajstić information content (AvgIpc) is 3.47. The minimum atomic E-state index is -0.204. The molecule has 42 heavy (non-hydrogen) atoms. The number of hydrogen-bond acceptors (Lipinski definition) is 4. The predicted molar refractivity (Wildman–Crippen MR) is 164 cm³/mol. The monoisotopic (exact) mass is 543 g/mol. The van der Waals surface area contributed by atoms with Crippen molar-refractivity contribution in [3.05, 3.63) is 136 Å². The molecule has 0 unspecified atom stereocenters. The van der Waals surface area contributed by atoms with Crippen LogP contribution < -0.4 is 4.58 Å². The molecule has 1 N–H and O–H groups in total. The molecule has 0 bridgehead atoms. The molecule has 0 saturated carbocycles. The lowest BCUT2D eigenvalue weighted by Gasteiger charge is -2.23. The number of carbonyl (C=O) groups excluding carboxylic acids is 1. The van der Waals surface area contributed by atoms with E-state index in [-0.39, 0.29) is 11.5 Å². The van der Waals surface area contributed by atoms with E-state index in [2.05, 4.69) is 21.3 Å². The maximum Gasteiger partial charge on any atom is 0.219 e. The van der Waals surface area contributed by atoms with Crippen molar-refractivity contribution < 1.29 is 9.90 Å². The van der Waals surface area contributed by atoms with Crippen molar-refractivity contribution in [2.75, 3.05) is 0 Å². The van der Waals surface area contributed by atoms with Crippen LogP contribution in [0.25, 0.3) is 27.7 Å². The molecule has 7 rings (SSSR count). The van der Waals surface area contributed by atoms with Gasteiger partial charge in [-0.15, -0.1) is 0 Å². The standard InChI is InChI=1S/C36H22N4O2/c1-21-31(27-7-3-5-9-29(27)39(21)25-15-11-23(19-37)12-16-25)33-35(41)34(36(33)42)32-22(2)40(30-10-6-4-8-28(30)32)26-17-13-24(20-38)14-18-26/h3-18H,1-2H3/p+1. The number of aliphatic hydroxyl groups is 1. The Labute approximate surface area is 242 Å². The molecule has 1 aliphatic carbocycles. The first kappa shape index (κ1) is 25.0. The molecular weight excluding hydrogens is 520 g/mol. The lowest BCUT2D eigenvalue weighted by atomic mass is 9.78. The van der Waals surface area contributed by atoms with Gasteiger partial charge in [0, 0.05) is 47.5 Å². The Hall–Kier alpha value is -5.98. The number of carbonyl (C=O) groups is 1. The fourth-order valence-electron chi connectivity index (χ4n) is 6.27. The molecular formula is C36H23N4O2+. The third-order valence-corrected chi connectivity index (χ3v) is 8.16. The number of hydrogen-bond donors (Lipinski definition) is 1. The number of benzene rings is 4. The van der Waals surface area contributed by atoms with Crippen LogP contribution in [-0.4, -0.2) is 21.2 Å². The molecule has 0 amide bonds. The summed E-state index contributed by atoms with van der Waals surface area (Å²) in [5, 5.41) is 31.0. The maximum atomic E-state index is 14.1. The number of rotatable bonds is 3. The van der Waals surface area contributed by atoms with Gasteiger partial charge in [-0.2, -0.15) is 15.1 Å². The second kappa shape index (κ2) is 9.30. The molecule has 6 nitrogen and oxygen atoms in total. The Balaban J connectivity index is 1.44. The Morgan fingerprint density at radius 2 is 1.36 bits per heavy atom. The zero-order valence-electron chi connectivity index (χ0n) is 22.9. The highest BCUT2D eigenvalue weighted by molar-refractivity contribution is 6.48. The van der Waals surface area contributed by atoms with Gasteiger partial charge in [0.2, 0.25) is 17.2 Å². The summed E-state index contributed by atoms with van der Waals surface area (Å²) in [4.78, 5) is 14.1. The zero-order valence-corrected chi connectivity index (χ0v) is 22.9. The van der Waals surface area contributed by atoms with Crippen LogP contribution in [0.2, 0.25) is 0 Å². The number of fused-ring (bicyclic) bond motifs is 2. The van der Waals surface area contributed by atoms with Crippen LogP contribution in [0.3, 0.4) is 0 Å². The SMILES string of the molecule is CC1=[N+](c2ccc(C#N)cc2)c2ccccc2/C1=C1/C(=O)C(c2c(C)n(-c3ccc(C#N)cc3)c3ccccc23)=C1O. The number of aliphatic hydroxyl groups excluding tert-OH is 1. The first-order valence-corrected chi connectivity index (χ1v) is 13.5. The minimum absolute atomic E-state index is 0.0170. The number of aromatic nitrogens is 1. The van der Waals surface area contributed by atoms with Gasteiger partial charge in [0.15, 0.2) is 5.71 Å². The fraction of sp³-hybridized carbons (Fsp3) is 0.0556. The molecule has 0 fully saturated rings. The van der Waals surface area contributed by atoms with Crippen LogP contribution in [0.5, 0.6) is 0 Å². The van der Waals surface area contributed by atoms with E-state index in [1.165, 1.54) is 0 Å². The summed E-state index contributed by atoms with van der Waals surface area (Å²) in [5.74, 6) is -0.221. The van der Waals surface area contributed by atoms with Crippen molar-refractivity contribution in [3.8, 4) is 17.8 Å². The van der Waals surface area contributed by atoms with Gasteiger partial charge in [-0.3, -0.25) is 4.79 Å². The normalized spacial score (nSPS) is 16.0. The Morgan fingerprint density at radius 1 is 0.738 bits per heavy atom. The molecule has 1 aliphatic heterocycles. The Kier molecular flexibility index (Phi) is 5.54. The molecule has 0 spiro atoms. The summed E-state index contributed by atoms with van der Waals surface area (Å²) < 4.78 is 4.11. The smallest absolute Gasteiger partial charge is 0.219 e. The number of para-hydroxylation sites is 2. The van der Waals surface area contributed by atoms with Crippen molar-refractivity contribution in [2.45, 2.75) is 13.8 Å². The molecule has 6 heteroatoms. The predicted octanol–water partition coefficient (Wildman–Crippen LogP) is 7.30. The summed E-state index contributed by atoms with van der Waals surface area (Å²) in [6.07, 6.45) is 0. The zero-order chi connectivity index (χ0) is 29.1. The highest BCUT2D eigenvalue weighted by atomic mass is 16.3. The quantitative estimate of drug-likeness (QED) is 0.191. The Bertz CT molecular complexity index is 2180. The summed E-state index contributed by atoms with van der Waals surface area (Å²) in [5.41, 5.74) is 9.22.